The average molecular weight is 339 g/mol. The van der Waals surface area contributed by atoms with Crippen molar-refractivity contribution in [3.63, 3.8) is 0 Å². The predicted molar refractivity (Wildman–Crippen MR) is 86.6 cm³/mol. The van der Waals surface area contributed by atoms with E-state index in [4.69, 9.17) is 34.8 Å². The van der Waals surface area contributed by atoms with Crippen LogP contribution in [0.25, 0.3) is 17.1 Å². The third-order valence-corrected chi connectivity index (χ3v) is 3.89. The summed E-state index contributed by atoms with van der Waals surface area (Å²) in [6, 6.07) is 12.9. The molecule has 0 spiro atoms. The zero-order chi connectivity index (χ0) is 15.0. The molecule has 0 aliphatic carbocycles. The first-order valence-corrected chi connectivity index (χ1v) is 7.33. The van der Waals surface area contributed by atoms with Gasteiger partial charge < -0.3 is 0 Å². The van der Waals surface area contributed by atoms with E-state index in [-0.39, 0.29) is 5.28 Å². The van der Waals surface area contributed by atoms with E-state index in [0.717, 1.165) is 16.8 Å². The lowest BCUT2D eigenvalue weighted by Gasteiger charge is -2.06. The number of halogens is 3. The molecule has 2 aromatic carbocycles. The minimum Gasteiger partial charge on any atom is -0.203 e. The highest BCUT2D eigenvalue weighted by molar-refractivity contribution is 6.33. The number of aromatic nitrogens is 3. The molecule has 0 bridgehead atoms. The van der Waals surface area contributed by atoms with Gasteiger partial charge in [-0.05, 0) is 48.4 Å². The Labute approximate surface area is 137 Å². The molecule has 1 heterocycles. The first kappa shape index (κ1) is 14.4. The van der Waals surface area contributed by atoms with Gasteiger partial charge in [-0.3, -0.25) is 0 Å². The van der Waals surface area contributed by atoms with Crippen LogP contribution < -0.4 is 0 Å². The highest BCUT2D eigenvalue weighted by atomic mass is 35.5. The van der Waals surface area contributed by atoms with Crippen molar-refractivity contribution >= 4 is 34.8 Å². The standard InChI is InChI=1S/C15H10Cl3N3/c1-9-6-7-10(16)8-13(9)21-15(18)19-14(20-21)11-4-2-3-5-12(11)17/h2-8H,1H3. The van der Waals surface area contributed by atoms with Gasteiger partial charge in [0.15, 0.2) is 5.82 Å². The van der Waals surface area contributed by atoms with Crippen LogP contribution in [0.5, 0.6) is 0 Å². The van der Waals surface area contributed by atoms with Crippen molar-refractivity contribution in [2.24, 2.45) is 0 Å². The quantitative estimate of drug-likeness (QED) is 0.642. The zero-order valence-corrected chi connectivity index (χ0v) is 13.3. The van der Waals surface area contributed by atoms with Crippen LogP contribution in [0.1, 0.15) is 5.56 Å². The van der Waals surface area contributed by atoms with Gasteiger partial charge in [-0.25, -0.2) is 4.68 Å². The maximum absolute atomic E-state index is 6.21. The van der Waals surface area contributed by atoms with Crippen LogP contribution in [0.15, 0.2) is 42.5 Å². The predicted octanol–water partition coefficient (Wildman–Crippen LogP) is 5.20. The van der Waals surface area contributed by atoms with Gasteiger partial charge in [-0.15, -0.1) is 5.10 Å². The van der Waals surface area contributed by atoms with E-state index >= 15 is 0 Å². The number of benzene rings is 2. The van der Waals surface area contributed by atoms with Crippen molar-refractivity contribution in [1.29, 1.82) is 0 Å². The van der Waals surface area contributed by atoms with Crippen LogP contribution in [-0.2, 0) is 0 Å². The molecular formula is C15H10Cl3N3. The molecule has 0 atom stereocenters. The van der Waals surface area contributed by atoms with Crippen LogP contribution in [0.3, 0.4) is 0 Å². The molecule has 6 heteroatoms. The molecule has 0 unspecified atom stereocenters. The summed E-state index contributed by atoms with van der Waals surface area (Å²) in [7, 11) is 0. The molecule has 3 aromatic rings. The SMILES string of the molecule is Cc1ccc(Cl)cc1-n1nc(-c2ccccc2Cl)nc1Cl. The Hall–Kier alpha value is -1.55. The monoisotopic (exact) mass is 337 g/mol. The van der Waals surface area contributed by atoms with Crippen molar-refractivity contribution in [3.05, 3.63) is 63.4 Å². The van der Waals surface area contributed by atoms with Gasteiger partial charge in [0.25, 0.3) is 0 Å². The number of rotatable bonds is 2. The minimum absolute atomic E-state index is 0.260. The Morgan fingerprint density at radius 2 is 1.76 bits per heavy atom. The summed E-state index contributed by atoms with van der Waals surface area (Å²) in [5.74, 6) is 0.477. The van der Waals surface area contributed by atoms with Crippen molar-refractivity contribution < 1.29 is 0 Å². The number of hydrogen-bond acceptors (Lipinski definition) is 2. The topological polar surface area (TPSA) is 30.7 Å². The third-order valence-electron chi connectivity index (χ3n) is 3.08. The van der Waals surface area contributed by atoms with Crippen LogP contribution in [0.4, 0.5) is 0 Å². The van der Waals surface area contributed by atoms with Gasteiger partial charge in [0.1, 0.15) is 0 Å². The second-order valence-electron chi connectivity index (χ2n) is 4.53. The van der Waals surface area contributed by atoms with Gasteiger partial charge in [0, 0.05) is 10.6 Å². The van der Waals surface area contributed by atoms with Crippen molar-refractivity contribution in [2.75, 3.05) is 0 Å². The number of hydrogen-bond donors (Lipinski definition) is 0. The second-order valence-corrected chi connectivity index (χ2v) is 5.71. The summed E-state index contributed by atoms with van der Waals surface area (Å²) in [6.07, 6.45) is 0. The molecule has 0 saturated carbocycles. The second kappa shape index (κ2) is 5.68. The van der Waals surface area contributed by atoms with Crippen molar-refractivity contribution in [3.8, 4) is 17.1 Å². The molecule has 0 fully saturated rings. The number of aryl methyl sites for hydroxylation is 1. The molecule has 0 N–H and O–H groups in total. The maximum Gasteiger partial charge on any atom is 0.226 e. The highest BCUT2D eigenvalue weighted by Gasteiger charge is 2.15. The zero-order valence-electron chi connectivity index (χ0n) is 11.0. The van der Waals surface area contributed by atoms with Gasteiger partial charge in [-0.1, -0.05) is 41.4 Å². The lowest BCUT2D eigenvalue weighted by molar-refractivity contribution is 0.875. The van der Waals surface area contributed by atoms with Crippen LogP contribution in [0, 0.1) is 6.92 Å². The fraction of sp³-hybridized carbons (Fsp3) is 0.0667. The molecule has 3 nitrogen and oxygen atoms in total. The van der Waals surface area contributed by atoms with E-state index in [9.17, 15) is 0 Å². The van der Waals surface area contributed by atoms with Crippen LogP contribution in [-0.4, -0.2) is 14.8 Å². The van der Waals surface area contributed by atoms with E-state index in [1.54, 1.807) is 16.8 Å². The highest BCUT2D eigenvalue weighted by Crippen LogP contribution is 2.28. The van der Waals surface area contributed by atoms with E-state index in [1.807, 2.05) is 37.3 Å². The summed E-state index contributed by atoms with van der Waals surface area (Å²) in [5, 5.41) is 5.89. The Morgan fingerprint density at radius 3 is 2.52 bits per heavy atom. The van der Waals surface area contributed by atoms with Crippen LogP contribution in [0.2, 0.25) is 15.3 Å². The summed E-state index contributed by atoms with van der Waals surface area (Å²) < 4.78 is 1.56. The lowest BCUT2D eigenvalue weighted by atomic mass is 10.2. The van der Waals surface area contributed by atoms with E-state index in [2.05, 4.69) is 10.1 Å². The molecule has 106 valence electrons. The Bertz CT molecular complexity index is 812. The fourth-order valence-corrected chi connectivity index (χ4v) is 2.61. The van der Waals surface area contributed by atoms with Crippen LogP contribution >= 0.6 is 34.8 Å². The normalized spacial score (nSPS) is 10.9. The first-order valence-electron chi connectivity index (χ1n) is 6.20. The summed E-state index contributed by atoms with van der Waals surface area (Å²) >= 11 is 18.4. The first-order chi connectivity index (χ1) is 10.1. The van der Waals surface area contributed by atoms with Crippen molar-refractivity contribution in [1.82, 2.24) is 14.8 Å². The fourth-order valence-electron chi connectivity index (χ4n) is 2.01. The lowest BCUT2D eigenvalue weighted by Crippen LogP contribution is -1.99. The summed E-state index contributed by atoms with van der Waals surface area (Å²) in [5.41, 5.74) is 2.52. The van der Waals surface area contributed by atoms with Gasteiger partial charge in [0.05, 0.1) is 10.7 Å². The molecular weight excluding hydrogens is 329 g/mol. The molecule has 0 aliphatic rings. The Kier molecular flexibility index (Phi) is 3.89. The minimum atomic E-state index is 0.260. The molecule has 0 aliphatic heterocycles. The van der Waals surface area contributed by atoms with Gasteiger partial charge in [-0.2, -0.15) is 4.98 Å². The molecule has 21 heavy (non-hydrogen) atoms. The van der Waals surface area contributed by atoms with E-state index in [0.29, 0.717) is 15.9 Å². The van der Waals surface area contributed by atoms with Gasteiger partial charge >= 0.3 is 0 Å². The molecule has 3 rings (SSSR count). The smallest absolute Gasteiger partial charge is 0.203 e. The van der Waals surface area contributed by atoms with E-state index < -0.39 is 0 Å². The Balaban J connectivity index is 2.15. The molecule has 0 radical (unpaired) electrons. The average Bonchev–Trinajstić information content (AvgIpc) is 2.84. The molecule has 0 saturated heterocycles. The summed E-state index contributed by atoms with van der Waals surface area (Å²) in [4.78, 5) is 4.28. The molecule has 0 amide bonds. The van der Waals surface area contributed by atoms with Gasteiger partial charge in [0.2, 0.25) is 5.28 Å². The maximum atomic E-state index is 6.21. The van der Waals surface area contributed by atoms with E-state index in [1.165, 1.54) is 0 Å². The third kappa shape index (κ3) is 2.77. The number of nitrogens with zero attached hydrogens (tertiary/aromatic N) is 3. The summed E-state index contributed by atoms with van der Waals surface area (Å²) in [6.45, 7) is 1.96. The largest absolute Gasteiger partial charge is 0.226 e. The molecule has 1 aromatic heterocycles. The Morgan fingerprint density at radius 1 is 1.00 bits per heavy atom. The van der Waals surface area contributed by atoms with Crippen molar-refractivity contribution in [2.45, 2.75) is 6.92 Å².